The van der Waals surface area contributed by atoms with Gasteiger partial charge in [0.05, 0.1) is 0 Å². The largest absolute Gasteiger partial charge is 0.356 e. The molecule has 0 unspecified atom stereocenters. The molecule has 0 atom stereocenters. The summed E-state index contributed by atoms with van der Waals surface area (Å²) in [4.78, 5) is 6.38. The minimum atomic E-state index is -0.192. The molecule has 0 heterocycles. The van der Waals surface area contributed by atoms with Crippen molar-refractivity contribution in [3.63, 3.8) is 0 Å². The summed E-state index contributed by atoms with van der Waals surface area (Å²) in [7, 11) is 3.83. The van der Waals surface area contributed by atoms with Crippen molar-refractivity contribution in [1.82, 2.24) is 15.5 Å². The maximum Gasteiger partial charge on any atom is 0.191 e. The number of halogens is 1. The molecule has 0 saturated carbocycles. The lowest BCUT2D eigenvalue weighted by atomic mass is 10.2. The zero-order valence-corrected chi connectivity index (χ0v) is 13.5. The summed E-state index contributed by atoms with van der Waals surface area (Å²) in [5.41, 5.74) is 1.11. The maximum atomic E-state index is 12.8. The van der Waals surface area contributed by atoms with Crippen LogP contribution >= 0.6 is 0 Å². The normalized spacial score (nSPS) is 12.0. The smallest absolute Gasteiger partial charge is 0.191 e. The Morgan fingerprint density at radius 3 is 2.48 bits per heavy atom. The maximum absolute atomic E-state index is 12.8. The molecule has 0 radical (unpaired) electrons. The highest BCUT2D eigenvalue weighted by Crippen LogP contribution is 2.04. The zero-order chi connectivity index (χ0) is 15.7. The molecule has 0 aliphatic heterocycles. The van der Waals surface area contributed by atoms with E-state index in [9.17, 15) is 4.39 Å². The number of guanidine groups is 1. The number of hydrogen-bond acceptors (Lipinski definition) is 2. The molecule has 0 spiro atoms. The Balaban J connectivity index is 2.26. The van der Waals surface area contributed by atoms with Gasteiger partial charge in [-0.2, -0.15) is 0 Å². The van der Waals surface area contributed by atoms with E-state index < -0.39 is 0 Å². The van der Waals surface area contributed by atoms with Crippen LogP contribution in [-0.2, 0) is 6.54 Å². The standard InChI is InChI=1S/C16H27FN4/c1-13(2)11-20-16(18-3)19-9-10-21(4)12-14-5-7-15(17)8-6-14/h5-8,13H,9-12H2,1-4H3,(H2,18,19,20). The van der Waals surface area contributed by atoms with Crippen LogP contribution in [0.25, 0.3) is 0 Å². The van der Waals surface area contributed by atoms with Gasteiger partial charge in [-0.3, -0.25) is 4.99 Å². The van der Waals surface area contributed by atoms with Gasteiger partial charge in [0, 0.05) is 33.2 Å². The first-order valence-corrected chi connectivity index (χ1v) is 7.38. The lowest BCUT2D eigenvalue weighted by Crippen LogP contribution is -2.42. The number of likely N-dealkylation sites (N-methyl/N-ethyl adjacent to an activating group) is 1. The first kappa shape index (κ1) is 17.4. The van der Waals surface area contributed by atoms with Crippen LogP contribution in [0.5, 0.6) is 0 Å². The first-order chi connectivity index (χ1) is 10.0. The Morgan fingerprint density at radius 1 is 1.24 bits per heavy atom. The molecule has 5 heteroatoms. The summed E-state index contributed by atoms with van der Waals surface area (Å²) in [6, 6.07) is 6.64. The highest BCUT2D eigenvalue weighted by molar-refractivity contribution is 5.79. The second kappa shape index (κ2) is 9.34. The van der Waals surface area contributed by atoms with Crippen LogP contribution in [-0.4, -0.2) is 44.6 Å². The molecule has 1 aromatic rings. The molecule has 0 aliphatic rings. The van der Waals surface area contributed by atoms with Crippen molar-refractivity contribution in [3.8, 4) is 0 Å². The third kappa shape index (κ3) is 7.66. The van der Waals surface area contributed by atoms with Crippen LogP contribution in [0.1, 0.15) is 19.4 Å². The predicted octanol–water partition coefficient (Wildman–Crippen LogP) is 2.08. The summed E-state index contributed by atoms with van der Waals surface area (Å²) in [6.45, 7) is 7.74. The minimum absolute atomic E-state index is 0.192. The van der Waals surface area contributed by atoms with Gasteiger partial charge in [0.1, 0.15) is 5.82 Å². The summed E-state index contributed by atoms with van der Waals surface area (Å²) >= 11 is 0. The molecule has 4 nitrogen and oxygen atoms in total. The van der Waals surface area contributed by atoms with Crippen molar-refractivity contribution in [2.75, 3.05) is 33.7 Å². The van der Waals surface area contributed by atoms with E-state index in [4.69, 9.17) is 0 Å². The molecular weight excluding hydrogens is 267 g/mol. The molecule has 0 saturated heterocycles. The van der Waals surface area contributed by atoms with E-state index in [0.717, 1.165) is 37.7 Å². The molecule has 0 bridgehead atoms. The SMILES string of the molecule is CN=C(NCCN(C)Cc1ccc(F)cc1)NCC(C)C. The average molecular weight is 294 g/mol. The molecule has 2 N–H and O–H groups in total. The fraction of sp³-hybridized carbons (Fsp3) is 0.562. The lowest BCUT2D eigenvalue weighted by molar-refractivity contribution is 0.331. The Hall–Kier alpha value is -1.62. The Bertz CT molecular complexity index is 428. The Labute approximate surface area is 127 Å². The zero-order valence-electron chi connectivity index (χ0n) is 13.5. The third-order valence-corrected chi connectivity index (χ3v) is 3.05. The van der Waals surface area contributed by atoms with Gasteiger partial charge in [0.2, 0.25) is 0 Å². The molecule has 0 fully saturated rings. The fourth-order valence-corrected chi connectivity index (χ4v) is 1.87. The van der Waals surface area contributed by atoms with Gasteiger partial charge in [0.15, 0.2) is 5.96 Å². The summed E-state index contributed by atoms with van der Waals surface area (Å²) in [6.07, 6.45) is 0. The molecule has 1 aromatic carbocycles. The van der Waals surface area contributed by atoms with Crippen molar-refractivity contribution in [1.29, 1.82) is 0 Å². The van der Waals surface area contributed by atoms with Crippen LogP contribution in [0, 0.1) is 11.7 Å². The van der Waals surface area contributed by atoms with Crippen molar-refractivity contribution in [2.24, 2.45) is 10.9 Å². The van der Waals surface area contributed by atoms with Crippen LogP contribution in [0.15, 0.2) is 29.3 Å². The second-order valence-electron chi connectivity index (χ2n) is 5.64. The number of aliphatic imine (C=N–C) groups is 1. The van der Waals surface area contributed by atoms with E-state index in [1.54, 1.807) is 7.05 Å². The summed E-state index contributed by atoms with van der Waals surface area (Å²) < 4.78 is 12.8. The van der Waals surface area contributed by atoms with Gasteiger partial charge in [-0.05, 0) is 30.7 Å². The van der Waals surface area contributed by atoms with E-state index in [1.807, 2.05) is 12.1 Å². The molecule has 1 rings (SSSR count). The van der Waals surface area contributed by atoms with E-state index in [2.05, 4.69) is 41.4 Å². The van der Waals surface area contributed by atoms with Crippen LogP contribution in [0.4, 0.5) is 4.39 Å². The fourth-order valence-electron chi connectivity index (χ4n) is 1.87. The van der Waals surface area contributed by atoms with Crippen molar-refractivity contribution < 1.29 is 4.39 Å². The number of benzene rings is 1. The first-order valence-electron chi connectivity index (χ1n) is 7.38. The Kier molecular flexibility index (Phi) is 7.75. The number of nitrogens with one attached hydrogen (secondary N) is 2. The monoisotopic (exact) mass is 294 g/mol. The van der Waals surface area contributed by atoms with Crippen LogP contribution in [0.2, 0.25) is 0 Å². The van der Waals surface area contributed by atoms with Crippen molar-refractivity contribution in [2.45, 2.75) is 20.4 Å². The number of nitrogens with zero attached hydrogens (tertiary/aromatic N) is 2. The Morgan fingerprint density at radius 2 is 1.90 bits per heavy atom. The predicted molar refractivity (Wildman–Crippen MR) is 86.9 cm³/mol. The van der Waals surface area contributed by atoms with Gasteiger partial charge in [-0.1, -0.05) is 26.0 Å². The van der Waals surface area contributed by atoms with E-state index >= 15 is 0 Å². The molecule has 21 heavy (non-hydrogen) atoms. The molecular formula is C16H27FN4. The average Bonchev–Trinajstić information content (AvgIpc) is 2.45. The number of hydrogen-bond donors (Lipinski definition) is 2. The van der Waals surface area contributed by atoms with Crippen molar-refractivity contribution in [3.05, 3.63) is 35.6 Å². The van der Waals surface area contributed by atoms with Crippen molar-refractivity contribution >= 4 is 5.96 Å². The second-order valence-corrected chi connectivity index (χ2v) is 5.64. The lowest BCUT2D eigenvalue weighted by Gasteiger charge is -2.19. The third-order valence-electron chi connectivity index (χ3n) is 3.05. The van der Waals surface area contributed by atoms with E-state index in [0.29, 0.717) is 5.92 Å². The van der Waals surface area contributed by atoms with Gasteiger partial charge in [0.25, 0.3) is 0 Å². The van der Waals surface area contributed by atoms with E-state index in [1.165, 1.54) is 12.1 Å². The molecule has 118 valence electrons. The van der Waals surface area contributed by atoms with Crippen LogP contribution < -0.4 is 10.6 Å². The highest BCUT2D eigenvalue weighted by Gasteiger charge is 2.02. The quantitative estimate of drug-likeness (QED) is 0.597. The number of rotatable bonds is 7. The van der Waals surface area contributed by atoms with E-state index in [-0.39, 0.29) is 5.82 Å². The topological polar surface area (TPSA) is 39.7 Å². The minimum Gasteiger partial charge on any atom is -0.356 e. The van der Waals surface area contributed by atoms with Gasteiger partial charge < -0.3 is 15.5 Å². The van der Waals surface area contributed by atoms with Gasteiger partial charge in [-0.15, -0.1) is 0 Å². The highest BCUT2D eigenvalue weighted by atomic mass is 19.1. The summed E-state index contributed by atoms with van der Waals surface area (Å²) in [5, 5.41) is 6.57. The molecule has 0 aliphatic carbocycles. The van der Waals surface area contributed by atoms with Crippen LogP contribution in [0.3, 0.4) is 0 Å². The molecule has 0 amide bonds. The molecule has 0 aromatic heterocycles. The summed E-state index contributed by atoms with van der Waals surface area (Å²) in [5.74, 6) is 1.23. The van der Waals surface area contributed by atoms with Gasteiger partial charge in [-0.25, -0.2) is 4.39 Å². The van der Waals surface area contributed by atoms with Gasteiger partial charge >= 0.3 is 0 Å².